The van der Waals surface area contributed by atoms with Crippen LogP contribution in [-0.4, -0.2) is 11.9 Å². The van der Waals surface area contributed by atoms with E-state index >= 15 is 0 Å². The van der Waals surface area contributed by atoms with Crippen LogP contribution in [0.5, 0.6) is 0 Å². The lowest BCUT2D eigenvalue weighted by Crippen LogP contribution is -2.30. The first kappa shape index (κ1) is 10.8. The molecule has 0 aliphatic rings. The van der Waals surface area contributed by atoms with Crippen molar-refractivity contribution in [3.63, 3.8) is 0 Å². The van der Waals surface area contributed by atoms with Crippen LogP contribution in [-0.2, 0) is 0 Å². The van der Waals surface area contributed by atoms with Gasteiger partial charge in [-0.15, -0.1) is 0 Å². The van der Waals surface area contributed by atoms with Crippen LogP contribution in [0.1, 0.15) is 6.92 Å². The molecule has 0 saturated heterocycles. The number of hydrogen-bond donors (Lipinski definition) is 0. The van der Waals surface area contributed by atoms with Crippen LogP contribution in [0.15, 0.2) is 36.9 Å². The molecule has 1 nitrogen and oxygen atoms in total. The number of aromatic nitrogens is 1. The predicted molar refractivity (Wildman–Crippen MR) is 74.4 cm³/mol. The summed E-state index contributed by atoms with van der Waals surface area (Å²) in [6.07, 6.45) is 6.11. The second-order valence-corrected chi connectivity index (χ2v) is 3.75. The number of nitrogens with zero attached hydrogens (tertiary/aromatic N) is 1. The van der Waals surface area contributed by atoms with Crippen LogP contribution in [0.3, 0.4) is 0 Å². The Morgan fingerprint density at radius 2 is 2.06 bits per heavy atom. The first-order valence-electron chi connectivity index (χ1n) is 5.69. The van der Waals surface area contributed by atoms with Gasteiger partial charge in [0, 0.05) is 21.5 Å². The minimum Gasteiger partial charge on any atom is -0.389 e. The maximum Gasteiger partial charge on any atom is 0.239 e. The van der Waals surface area contributed by atoms with Crippen LogP contribution < -0.4 is 10.6 Å². The molecule has 0 aliphatic heterocycles. The van der Waals surface area contributed by atoms with Crippen molar-refractivity contribution < 1.29 is 0 Å². The van der Waals surface area contributed by atoms with Gasteiger partial charge in [0.05, 0.1) is 0 Å². The average molecular weight is 209 g/mol. The van der Waals surface area contributed by atoms with E-state index in [0.717, 1.165) is 7.41 Å². The monoisotopic (exact) mass is 209 g/mol. The quantitative estimate of drug-likeness (QED) is 0.663. The Kier molecular flexibility index (Phi) is 3.00. The maximum atomic E-state index is 3.79. The van der Waals surface area contributed by atoms with Gasteiger partial charge >= 0.3 is 0 Å². The molecular weight excluding hydrogens is 193 g/mol. The van der Waals surface area contributed by atoms with Gasteiger partial charge in [-0.1, -0.05) is 43.8 Å². The fraction of sp³-hybridized carbons (Fsp3) is 0.143. The van der Waals surface area contributed by atoms with Crippen LogP contribution in [0.4, 0.5) is 0 Å². The highest BCUT2D eigenvalue weighted by atomic mass is 14.9. The van der Waals surface area contributed by atoms with Gasteiger partial charge in [0.15, 0.2) is 0 Å². The summed E-state index contributed by atoms with van der Waals surface area (Å²) in [6.45, 7) is 8.05. The third kappa shape index (κ3) is 1.51. The van der Waals surface area contributed by atoms with Crippen molar-refractivity contribution in [2.45, 2.75) is 13.7 Å². The van der Waals surface area contributed by atoms with Crippen LogP contribution in [0.25, 0.3) is 23.1 Å². The maximum absolute atomic E-state index is 3.79. The summed E-state index contributed by atoms with van der Waals surface area (Å²) in [5.74, 6) is 0. The zero-order valence-electron chi connectivity index (χ0n) is 9.90. The van der Waals surface area contributed by atoms with E-state index in [1.807, 2.05) is 6.08 Å². The van der Waals surface area contributed by atoms with Crippen molar-refractivity contribution in [1.82, 2.24) is 4.48 Å². The summed E-state index contributed by atoms with van der Waals surface area (Å²) in [5.41, 5.74) is 1.30. The minimum atomic E-state index is 0.980. The lowest BCUT2D eigenvalue weighted by Gasteiger charge is -1.99. The second kappa shape index (κ2) is 4.44. The van der Waals surface area contributed by atoms with Gasteiger partial charge in [-0.05, 0) is 19.1 Å². The summed E-state index contributed by atoms with van der Waals surface area (Å²) < 4.78 is 2.33. The lowest BCUT2D eigenvalue weighted by molar-refractivity contribution is 1.21. The van der Waals surface area contributed by atoms with Gasteiger partial charge in [-0.25, -0.2) is 0 Å². The molecule has 0 saturated carbocycles. The van der Waals surface area contributed by atoms with E-state index in [1.54, 1.807) is 0 Å². The molecule has 16 heavy (non-hydrogen) atoms. The summed E-state index contributed by atoms with van der Waals surface area (Å²) >= 11 is 0. The number of hydrogen-bond acceptors (Lipinski definition) is 0. The summed E-state index contributed by atoms with van der Waals surface area (Å²) in [4.78, 5) is 0. The molecule has 0 spiro atoms. The number of rotatable bonds is 2. The summed E-state index contributed by atoms with van der Waals surface area (Å²) in [6, 6.07) is 8.53. The van der Waals surface area contributed by atoms with E-state index < -0.39 is 0 Å². The van der Waals surface area contributed by atoms with Crippen molar-refractivity contribution in [2.75, 3.05) is 0 Å². The molecule has 0 fully saturated rings. The molecule has 0 atom stereocenters. The van der Waals surface area contributed by atoms with E-state index in [1.165, 1.54) is 21.5 Å². The van der Waals surface area contributed by atoms with Crippen molar-refractivity contribution >= 4 is 30.5 Å². The Balaban J connectivity index is 3.09. The molecule has 0 aliphatic carbocycles. The molecule has 0 amide bonds. The van der Waals surface area contributed by atoms with Crippen molar-refractivity contribution in [3.8, 4) is 0 Å². The van der Waals surface area contributed by atoms with E-state index in [0.29, 0.717) is 0 Å². The molecule has 80 valence electrons. The number of allylic oxidation sites excluding steroid dienone is 1. The highest BCUT2D eigenvalue weighted by Gasteiger charge is 2.03. The Bertz CT molecular complexity index is 635. The third-order valence-electron chi connectivity index (χ3n) is 2.93. The van der Waals surface area contributed by atoms with Crippen molar-refractivity contribution in [3.05, 3.63) is 47.5 Å². The van der Waals surface area contributed by atoms with Gasteiger partial charge < -0.3 is 4.48 Å². The molecule has 2 heteroatoms. The van der Waals surface area contributed by atoms with Gasteiger partial charge in [0.25, 0.3) is 0 Å². The number of para-hydroxylation sites is 1. The first-order valence-corrected chi connectivity index (χ1v) is 5.69. The summed E-state index contributed by atoms with van der Waals surface area (Å²) in [5, 5.41) is 3.87. The molecule has 1 heterocycles. The Morgan fingerprint density at radius 3 is 2.69 bits per heavy atom. The highest BCUT2D eigenvalue weighted by molar-refractivity contribution is 6.33. The Morgan fingerprint density at radius 1 is 1.31 bits per heavy atom. The third-order valence-corrected chi connectivity index (χ3v) is 2.93. The highest BCUT2D eigenvalue weighted by Crippen LogP contribution is 2.06. The van der Waals surface area contributed by atoms with Gasteiger partial charge in [-0.2, -0.15) is 0 Å². The first-order chi connectivity index (χ1) is 7.83. The molecule has 2 aromatic rings. The smallest absolute Gasteiger partial charge is 0.239 e. The fourth-order valence-corrected chi connectivity index (χ4v) is 2.29. The predicted octanol–water partition coefficient (Wildman–Crippen LogP) is 1.66. The van der Waals surface area contributed by atoms with Crippen LogP contribution >= 0.6 is 0 Å². The van der Waals surface area contributed by atoms with E-state index in [2.05, 4.69) is 61.2 Å². The molecule has 1 aromatic carbocycles. The standard InChI is InChI=1S/C14H16BN/c1-4-8-13-11(5-2)12-9-6-7-10-14(12)16(13)15-3/h4-10,15H,1H2,2-3H3/b11-5-,13-8+. The topological polar surface area (TPSA) is 4.93 Å². The number of benzene rings is 1. The molecule has 0 unspecified atom stereocenters. The molecular formula is C14H16BN. The second-order valence-electron chi connectivity index (χ2n) is 3.75. The van der Waals surface area contributed by atoms with Gasteiger partial charge in [0.2, 0.25) is 7.41 Å². The zero-order valence-corrected chi connectivity index (χ0v) is 9.90. The number of fused-ring (bicyclic) bond motifs is 1. The molecule has 1 aromatic heterocycles. The molecule has 0 N–H and O–H groups in total. The summed E-state index contributed by atoms with van der Waals surface area (Å²) in [7, 11) is 0.980. The Hall–Kier alpha value is -1.70. The Labute approximate surface area is 96.7 Å². The molecule has 2 rings (SSSR count). The van der Waals surface area contributed by atoms with Crippen LogP contribution in [0, 0.1) is 0 Å². The lowest BCUT2D eigenvalue weighted by atomic mass is 9.99. The van der Waals surface area contributed by atoms with E-state index in [-0.39, 0.29) is 0 Å². The largest absolute Gasteiger partial charge is 0.389 e. The molecule has 0 radical (unpaired) electrons. The fourth-order valence-electron chi connectivity index (χ4n) is 2.29. The van der Waals surface area contributed by atoms with Crippen molar-refractivity contribution in [2.24, 2.45) is 0 Å². The van der Waals surface area contributed by atoms with Crippen molar-refractivity contribution in [1.29, 1.82) is 0 Å². The average Bonchev–Trinajstić information content (AvgIpc) is 2.62. The minimum absolute atomic E-state index is 0.980. The van der Waals surface area contributed by atoms with Gasteiger partial charge in [-0.3, -0.25) is 0 Å². The SMILES string of the molecule is C=C/C=c1\c(=C/C)c2ccccc2n1BC. The normalized spacial score (nSPS) is 13.4. The van der Waals surface area contributed by atoms with Crippen LogP contribution in [0.2, 0.25) is 6.82 Å². The van der Waals surface area contributed by atoms with E-state index in [4.69, 9.17) is 0 Å². The van der Waals surface area contributed by atoms with E-state index in [9.17, 15) is 0 Å². The molecule has 0 bridgehead atoms. The zero-order chi connectivity index (χ0) is 11.5. The van der Waals surface area contributed by atoms with Gasteiger partial charge in [0.1, 0.15) is 0 Å².